The fourth-order valence-electron chi connectivity index (χ4n) is 1.91. The molecule has 2 rings (SSSR count). The van der Waals surface area contributed by atoms with Crippen molar-refractivity contribution in [3.05, 3.63) is 46.2 Å². The predicted octanol–water partition coefficient (Wildman–Crippen LogP) is 2.74. The summed E-state index contributed by atoms with van der Waals surface area (Å²) in [6.07, 6.45) is 1.70. The second-order valence-electron chi connectivity index (χ2n) is 4.11. The van der Waals surface area contributed by atoms with Crippen molar-refractivity contribution in [2.45, 2.75) is 25.8 Å². The first kappa shape index (κ1) is 13.1. The molecule has 1 atom stereocenters. The number of aromatic nitrogens is 2. The Bertz CT molecular complexity index is 495. The van der Waals surface area contributed by atoms with E-state index in [1.54, 1.807) is 0 Å². The highest BCUT2D eigenvalue weighted by atomic mass is 32.1. The van der Waals surface area contributed by atoms with E-state index in [9.17, 15) is 4.39 Å². The van der Waals surface area contributed by atoms with Crippen LogP contribution in [-0.4, -0.2) is 16.6 Å². The minimum atomic E-state index is -0.200. The molecule has 1 heterocycles. The summed E-state index contributed by atoms with van der Waals surface area (Å²) in [7, 11) is 1.92. The minimum absolute atomic E-state index is 0.186. The molecule has 0 bridgehead atoms. The maximum atomic E-state index is 12.9. The van der Waals surface area contributed by atoms with E-state index in [1.165, 1.54) is 28.5 Å². The van der Waals surface area contributed by atoms with Crippen molar-refractivity contribution < 1.29 is 4.39 Å². The highest BCUT2D eigenvalue weighted by molar-refractivity contribution is 7.05. The largest absolute Gasteiger partial charge is 0.312 e. The molecule has 0 fully saturated rings. The number of nitrogens with zero attached hydrogens (tertiary/aromatic N) is 2. The van der Waals surface area contributed by atoms with Gasteiger partial charge in [0, 0.05) is 6.04 Å². The van der Waals surface area contributed by atoms with Gasteiger partial charge in [0.1, 0.15) is 5.82 Å². The summed E-state index contributed by atoms with van der Waals surface area (Å²) in [6, 6.07) is 6.81. The van der Waals surface area contributed by atoms with Crippen LogP contribution in [0.1, 0.15) is 29.1 Å². The Morgan fingerprint density at radius 2 is 2.06 bits per heavy atom. The van der Waals surface area contributed by atoms with Crippen LogP contribution in [0.5, 0.6) is 0 Å². The second kappa shape index (κ2) is 6.02. The summed E-state index contributed by atoms with van der Waals surface area (Å²) in [6.45, 7) is 2.07. The van der Waals surface area contributed by atoms with Gasteiger partial charge in [-0.15, -0.1) is 5.10 Å². The van der Waals surface area contributed by atoms with E-state index in [0.717, 1.165) is 24.1 Å². The molecule has 0 radical (unpaired) electrons. The first-order valence-electron chi connectivity index (χ1n) is 5.97. The lowest BCUT2D eigenvalue weighted by Gasteiger charge is -2.15. The first-order valence-corrected chi connectivity index (χ1v) is 6.74. The predicted molar refractivity (Wildman–Crippen MR) is 71.2 cm³/mol. The van der Waals surface area contributed by atoms with Gasteiger partial charge in [-0.05, 0) is 49.1 Å². The zero-order valence-electron chi connectivity index (χ0n) is 10.5. The quantitative estimate of drug-likeness (QED) is 0.903. The fourth-order valence-corrected chi connectivity index (χ4v) is 2.75. The third-order valence-corrected chi connectivity index (χ3v) is 3.82. The van der Waals surface area contributed by atoms with Crippen molar-refractivity contribution in [1.82, 2.24) is 14.9 Å². The lowest BCUT2D eigenvalue weighted by Crippen LogP contribution is -2.19. The van der Waals surface area contributed by atoms with Crippen LogP contribution in [0.25, 0.3) is 0 Å². The molecule has 0 saturated heterocycles. The monoisotopic (exact) mass is 265 g/mol. The van der Waals surface area contributed by atoms with Gasteiger partial charge in [-0.3, -0.25) is 0 Å². The molecule has 0 aliphatic heterocycles. The normalized spacial score (nSPS) is 12.6. The Labute approximate surface area is 110 Å². The summed E-state index contributed by atoms with van der Waals surface area (Å²) in [5, 5.41) is 7.41. The van der Waals surface area contributed by atoms with Crippen LogP contribution in [0.2, 0.25) is 0 Å². The molecule has 3 nitrogen and oxygen atoms in total. The van der Waals surface area contributed by atoms with Crippen LogP contribution < -0.4 is 5.32 Å². The van der Waals surface area contributed by atoms with Crippen LogP contribution in [0.4, 0.5) is 4.39 Å². The zero-order valence-corrected chi connectivity index (χ0v) is 11.3. The lowest BCUT2D eigenvalue weighted by atomic mass is 10.0. The van der Waals surface area contributed by atoms with Crippen molar-refractivity contribution >= 4 is 11.5 Å². The summed E-state index contributed by atoms with van der Waals surface area (Å²) in [5.74, 6) is -0.200. The van der Waals surface area contributed by atoms with Crippen LogP contribution >= 0.6 is 11.5 Å². The molecule has 0 aliphatic carbocycles. The highest BCUT2D eigenvalue weighted by Gasteiger charge is 2.17. The summed E-state index contributed by atoms with van der Waals surface area (Å²) >= 11 is 1.43. The molecule has 1 unspecified atom stereocenters. The fraction of sp³-hybridized carbons (Fsp3) is 0.385. The van der Waals surface area contributed by atoms with Gasteiger partial charge in [0.25, 0.3) is 0 Å². The van der Waals surface area contributed by atoms with E-state index >= 15 is 0 Å². The van der Waals surface area contributed by atoms with Crippen molar-refractivity contribution in [2.75, 3.05) is 7.05 Å². The van der Waals surface area contributed by atoms with Crippen LogP contribution in [-0.2, 0) is 12.8 Å². The van der Waals surface area contributed by atoms with Gasteiger partial charge >= 0.3 is 0 Å². The second-order valence-corrected chi connectivity index (χ2v) is 4.89. The molecule has 18 heavy (non-hydrogen) atoms. The van der Waals surface area contributed by atoms with Crippen molar-refractivity contribution in [1.29, 1.82) is 0 Å². The lowest BCUT2D eigenvalue weighted by molar-refractivity contribution is 0.592. The summed E-state index contributed by atoms with van der Waals surface area (Å²) < 4.78 is 16.9. The third-order valence-electron chi connectivity index (χ3n) is 2.94. The van der Waals surface area contributed by atoms with Crippen LogP contribution in [0, 0.1) is 5.82 Å². The first-order chi connectivity index (χ1) is 8.74. The van der Waals surface area contributed by atoms with Gasteiger partial charge in [-0.25, -0.2) is 4.39 Å². The van der Waals surface area contributed by atoms with Crippen LogP contribution in [0.3, 0.4) is 0 Å². The zero-order chi connectivity index (χ0) is 13.0. The van der Waals surface area contributed by atoms with E-state index in [0.29, 0.717) is 0 Å². The molecule has 1 N–H and O–H groups in total. The average molecular weight is 265 g/mol. The molecule has 0 saturated carbocycles. The molecule has 0 amide bonds. The number of halogens is 1. The third kappa shape index (κ3) is 2.91. The summed E-state index contributed by atoms with van der Waals surface area (Å²) in [5.41, 5.74) is 2.15. The van der Waals surface area contributed by atoms with Crippen molar-refractivity contribution in [3.63, 3.8) is 0 Å². The van der Waals surface area contributed by atoms with Gasteiger partial charge in [0.15, 0.2) is 0 Å². The Kier molecular flexibility index (Phi) is 4.38. The molecular formula is C13H16FN3S. The van der Waals surface area contributed by atoms with E-state index in [4.69, 9.17) is 0 Å². The Hall–Kier alpha value is -1.33. The molecule has 5 heteroatoms. The minimum Gasteiger partial charge on any atom is -0.312 e. The number of rotatable bonds is 5. The van der Waals surface area contributed by atoms with E-state index in [2.05, 4.69) is 21.8 Å². The van der Waals surface area contributed by atoms with Gasteiger partial charge in [0.05, 0.1) is 10.6 Å². The molecular weight excluding hydrogens is 249 g/mol. The van der Waals surface area contributed by atoms with Gasteiger partial charge < -0.3 is 5.32 Å². The van der Waals surface area contributed by atoms with Gasteiger partial charge in [-0.1, -0.05) is 23.5 Å². The molecule has 0 aliphatic rings. The number of benzene rings is 1. The maximum absolute atomic E-state index is 12.9. The molecule has 1 aromatic heterocycles. The number of likely N-dealkylation sites (N-methyl/N-ethyl adjacent to an activating group) is 1. The Morgan fingerprint density at radius 3 is 2.67 bits per heavy atom. The van der Waals surface area contributed by atoms with Crippen molar-refractivity contribution in [3.8, 4) is 0 Å². The number of aryl methyl sites for hydroxylation is 1. The Morgan fingerprint density at radius 1 is 1.33 bits per heavy atom. The van der Waals surface area contributed by atoms with E-state index in [1.807, 2.05) is 19.2 Å². The topological polar surface area (TPSA) is 37.8 Å². The smallest absolute Gasteiger partial charge is 0.123 e. The van der Waals surface area contributed by atoms with Crippen LogP contribution in [0.15, 0.2) is 24.3 Å². The van der Waals surface area contributed by atoms with Gasteiger partial charge in [0.2, 0.25) is 0 Å². The molecule has 1 aromatic carbocycles. The summed E-state index contributed by atoms with van der Waals surface area (Å²) in [4.78, 5) is 1.17. The van der Waals surface area contributed by atoms with E-state index in [-0.39, 0.29) is 11.9 Å². The number of hydrogen-bond donors (Lipinski definition) is 1. The van der Waals surface area contributed by atoms with E-state index < -0.39 is 0 Å². The number of nitrogens with one attached hydrogen (secondary N) is 1. The van der Waals surface area contributed by atoms with Gasteiger partial charge in [-0.2, -0.15) is 0 Å². The standard InChI is InChI=1S/C13H16FN3S/c1-3-11-13(18-17-16-11)12(15-2)8-9-4-6-10(14)7-5-9/h4-7,12,15H,3,8H2,1-2H3. The average Bonchev–Trinajstić information content (AvgIpc) is 2.86. The number of hydrogen-bond acceptors (Lipinski definition) is 4. The maximum Gasteiger partial charge on any atom is 0.123 e. The highest BCUT2D eigenvalue weighted by Crippen LogP contribution is 2.24. The molecule has 0 spiro atoms. The van der Waals surface area contributed by atoms with Crippen molar-refractivity contribution in [2.24, 2.45) is 0 Å². The SMILES string of the molecule is CCc1nnsc1C(Cc1ccc(F)cc1)NC. The molecule has 2 aromatic rings. The molecule has 96 valence electrons. The Balaban J connectivity index is 2.17.